The van der Waals surface area contributed by atoms with Crippen molar-refractivity contribution in [3.63, 3.8) is 0 Å². The smallest absolute Gasteiger partial charge is 0.328 e. The molecular weight excluding hydrogens is 346 g/mol. The molecule has 0 aromatic heterocycles. The van der Waals surface area contributed by atoms with Gasteiger partial charge in [-0.3, -0.25) is 4.79 Å². The molecule has 0 aliphatic carbocycles. The molecule has 0 radical (unpaired) electrons. The van der Waals surface area contributed by atoms with E-state index in [-0.39, 0.29) is 5.91 Å². The average Bonchev–Trinajstić information content (AvgIpc) is 2.54. The number of halogens is 1. The average molecular weight is 362 g/mol. The topological polar surface area (TPSA) is 55.4 Å². The standard InChI is InChI=1S/C17H16BrNO3/c1-22-17(21)15(11-12-6-5-9-14(18)10-12)19-16(20)13-7-3-2-4-8-13/h2-10,15H,11H2,1H3,(H,19,20)/t15-/m1/s1. The molecule has 0 saturated heterocycles. The molecule has 0 fully saturated rings. The third kappa shape index (κ3) is 4.43. The van der Waals surface area contributed by atoms with Crippen LogP contribution in [0.3, 0.4) is 0 Å². The van der Waals surface area contributed by atoms with E-state index in [1.807, 2.05) is 30.3 Å². The minimum absolute atomic E-state index is 0.300. The first kappa shape index (κ1) is 16.2. The van der Waals surface area contributed by atoms with Gasteiger partial charge in [0.1, 0.15) is 6.04 Å². The van der Waals surface area contributed by atoms with Crippen LogP contribution in [0.4, 0.5) is 0 Å². The molecule has 0 heterocycles. The molecule has 2 rings (SSSR count). The van der Waals surface area contributed by atoms with E-state index in [0.717, 1.165) is 10.0 Å². The van der Waals surface area contributed by atoms with Crippen LogP contribution >= 0.6 is 15.9 Å². The van der Waals surface area contributed by atoms with Crippen molar-refractivity contribution in [2.24, 2.45) is 0 Å². The van der Waals surface area contributed by atoms with Gasteiger partial charge >= 0.3 is 5.97 Å². The zero-order chi connectivity index (χ0) is 15.9. The quantitative estimate of drug-likeness (QED) is 0.833. The molecule has 0 spiro atoms. The zero-order valence-corrected chi connectivity index (χ0v) is 13.7. The third-order valence-corrected chi connectivity index (χ3v) is 3.65. The number of carbonyl (C=O) groups excluding carboxylic acids is 2. The van der Waals surface area contributed by atoms with Gasteiger partial charge in [-0.1, -0.05) is 46.3 Å². The molecule has 1 atom stereocenters. The molecular formula is C17H16BrNO3. The highest BCUT2D eigenvalue weighted by Crippen LogP contribution is 2.14. The van der Waals surface area contributed by atoms with Crippen LogP contribution in [0.2, 0.25) is 0 Å². The fraction of sp³-hybridized carbons (Fsp3) is 0.176. The zero-order valence-electron chi connectivity index (χ0n) is 12.1. The van der Waals surface area contributed by atoms with Crippen molar-refractivity contribution in [1.82, 2.24) is 5.32 Å². The van der Waals surface area contributed by atoms with Crippen molar-refractivity contribution in [2.45, 2.75) is 12.5 Å². The number of rotatable bonds is 5. The first-order valence-electron chi connectivity index (χ1n) is 6.78. The van der Waals surface area contributed by atoms with Crippen LogP contribution in [-0.4, -0.2) is 25.0 Å². The maximum Gasteiger partial charge on any atom is 0.328 e. The first-order chi connectivity index (χ1) is 10.6. The lowest BCUT2D eigenvalue weighted by Crippen LogP contribution is -2.43. The predicted octanol–water partition coefficient (Wildman–Crippen LogP) is 2.96. The number of carbonyl (C=O) groups is 2. The predicted molar refractivity (Wildman–Crippen MR) is 87.6 cm³/mol. The number of hydrogen-bond donors (Lipinski definition) is 1. The molecule has 0 saturated carbocycles. The number of hydrogen-bond acceptors (Lipinski definition) is 3. The number of benzene rings is 2. The summed E-state index contributed by atoms with van der Waals surface area (Å²) in [4.78, 5) is 24.1. The lowest BCUT2D eigenvalue weighted by atomic mass is 10.1. The molecule has 0 aliphatic rings. The van der Waals surface area contributed by atoms with Gasteiger partial charge in [0, 0.05) is 16.5 Å². The van der Waals surface area contributed by atoms with E-state index >= 15 is 0 Å². The monoisotopic (exact) mass is 361 g/mol. The van der Waals surface area contributed by atoms with Crippen molar-refractivity contribution < 1.29 is 14.3 Å². The Balaban J connectivity index is 2.13. The van der Waals surface area contributed by atoms with Crippen LogP contribution in [0.1, 0.15) is 15.9 Å². The van der Waals surface area contributed by atoms with E-state index < -0.39 is 12.0 Å². The normalized spacial score (nSPS) is 11.5. The van der Waals surface area contributed by atoms with Gasteiger partial charge in [0.15, 0.2) is 0 Å². The Morgan fingerprint density at radius 3 is 2.50 bits per heavy atom. The summed E-state index contributed by atoms with van der Waals surface area (Å²) in [5, 5.41) is 2.72. The summed E-state index contributed by atoms with van der Waals surface area (Å²) in [7, 11) is 1.31. The van der Waals surface area contributed by atoms with Crippen LogP contribution in [0.5, 0.6) is 0 Å². The maximum absolute atomic E-state index is 12.2. The summed E-state index contributed by atoms with van der Waals surface area (Å²) in [6.07, 6.45) is 0.366. The summed E-state index contributed by atoms with van der Waals surface area (Å²) >= 11 is 3.39. The molecule has 0 aliphatic heterocycles. The molecule has 0 unspecified atom stereocenters. The number of nitrogens with one attached hydrogen (secondary N) is 1. The number of amides is 1. The fourth-order valence-corrected chi connectivity index (χ4v) is 2.51. The highest BCUT2D eigenvalue weighted by Gasteiger charge is 2.22. The van der Waals surface area contributed by atoms with E-state index in [1.54, 1.807) is 24.3 Å². The van der Waals surface area contributed by atoms with Crippen LogP contribution in [-0.2, 0) is 16.0 Å². The van der Waals surface area contributed by atoms with Gasteiger partial charge in [0.25, 0.3) is 5.91 Å². The van der Waals surface area contributed by atoms with Crippen molar-refractivity contribution in [2.75, 3.05) is 7.11 Å². The first-order valence-corrected chi connectivity index (χ1v) is 7.57. The van der Waals surface area contributed by atoms with Crippen LogP contribution in [0.25, 0.3) is 0 Å². The van der Waals surface area contributed by atoms with Gasteiger partial charge in [-0.25, -0.2) is 4.79 Å². The number of esters is 1. The molecule has 1 amide bonds. The summed E-state index contributed by atoms with van der Waals surface area (Å²) in [5.41, 5.74) is 1.43. The second-order valence-corrected chi connectivity index (χ2v) is 5.66. The second-order valence-electron chi connectivity index (χ2n) is 4.75. The summed E-state index contributed by atoms with van der Waals surface area (Å²) in [6, 6.07) is 15.6. The lowest BCUT2D eigenvalue weighted by molar-refractivity contribution is -0.142. The van der Waals surface area contributed by atoms with Gasteiger partial charge in [-0.05, 0) is 29.8 Å². The van der Waals surface area contributed by atoms with Crippen molar-refractivity contribution >= 4 is 27.8 Å². The Bertz CT molecular complexity index is 658. The van der Waals surface area contributed by atoms with Gasteiger partial charge in [0.2, 0.25) is 0 Å². The summed E-state index contributed by atoms with van der Waals surface area (Å²) < 4.78 is 5.71. The van der Waals surface area contributed by atoms with Gasteiger partial charge in [-0.15, -0.1) is 0 Å². The SMILES string of the molecule is COC(=O)[C@@H](Cc1cccc(Br)c1)NC(=O)c1ccccc1. The third-order valence-electron chi connectivity index (χ3n) is 3.16. The molecule has 22 heavy (non-hydrogen) atoms. The molecule has 1 N–H and O–H groups in total. The fourth-order valence-electron chi connectivity index (χ4n) is 2.07. The number of methoxy groups -OCH3 is 1. The van der Waals surface area contributed by atoms with E-state index in [0.29, 0.717) is 12.0 Å². The highest BCUT2D eigenvalue weighted by atomic mass is 79.9. The second kappa shape index (κ2) is 7.75. The Morgan fingerprint density at radius 1 is 1.14 bits per heavy atom. The van der Waals surface area contributed by atoms with Crippen LogP contribution in [0, 0.1) is 0 Å². The molecule has 5 heteroatoms. The largest absolute Gasteiger partial charge is 0.467 e. The minimum Gasteiger partial charge on any atom is -0.467 e. The van der Waals surface area contributed by atoms with Crippen molar-refractivity contribution in [3.05, 3.63) is 70.2 Å². The highest BCUT2D eigenvalue weighted by molar-refractivity contribution is 9.10. The Hall–Kier alpha value is -2.14. The van der Waals surface area contributed by atoms with Crippen LogP contribution in [0.15, 0.2) is 59.1 Å². The van der Waals surface area contributed by atoms with Gasteiger partial charge in [0.05, 0.1) is 7.11 Å². The lowest BCUT2D eigenvalue weighted by Gasteiger charge is -2.17. The Kier molecular flexibility index (Phi) is 5.72. The molecule has 2 aromatic carbocycles. The van der Waals surface area contributed by atoms with Gasteiger partial charge < -0.3 is 10.1 Å². The minimum atomic E-state index is -0.730. The maximum atomic E-state index is 12.2. The molecule has 2 aromatic rings. The molecule has 0 bridgehead atoms. The van der Waals surface area contributed by atoms with E-state index in [1.165, 1.54) is 7.11 Å². The van der Waals surface area contributed by atoms with E-state index in [4.69, 9.17) is 4.74 Å². The Labute approximate surface area is 137 Å². The van der Waals surface area contributed by atoms with Gasteiger partial charge in [-0.2, -0.15) is 0 Å². The summed E-state index contributed by atoms with van der Waals surface area (Å²) in [5.74, 6) is -0.768. The Morgan fingerprint density at radius 2 is 1.86 bits per heavy atom. The van der Waals surface area contributed by atoms with Crippen LogP contribution < -0.4 is 5.32 Å². The summed E-state index contributed by atoms with van der Waals surface area (Å²) in [6.45, 7) is 0. The van der Waals surface area contributed by atoms with Crippen molar-refractivity contribution in [1.29, 1.82) is 0 Å². The molecule has 4 nitrogen and oxygen atoms in total. The molecule has 114 valence electrons. The van der Waals surface area contributed by atoms with Crippen molar-refractivity contribution in [3.8, 4) is 0 Å². The number of ether oxygens (including phenoxy) is 1. The van der Waals surface area contributed by atoms with E-state index in [9.17, 15) is 9.59 Å². The van der Waals surface area contributed by atoms with E-state index in [2.05, 4.69) is 21.2 Å².